The first-order valence-electron chi connectivity index (χ1n) is 5.41. The SMILES string of the molecule is Cn1ccnc1CNS(=O)(=O)c1ccc(N)c(F)c1. The average molecular weight is 284 g/mol. The maximum Gasteiger partial charge on any atom is 0.241 e. The fraction of sp³-hybridized carbons (Fsp3) is 0.182. The van der Waals surface area contributed by atoms with Crippen LogP contribution in [0, 0.1) is 5.82 Å². The van der Waals surface area contributed by atoms with Crippen molar-refractivity contribution in [1.82, 2.24) is 14.3 Å². The standard InChI is InChI=1S/C11H13FN4O2S/c1-16-5-4-14-11(16)7-15-19(17,18)8-2-3-10(13)9(12)6-8/h2-6,15H,7,13H2,1H3. The van der Waals surface area contributed by atoms with Crippen molar-refractivity contribution in [3.63, 3.8) is 0 Å². The van der Waals surface area contributed by atoms with Crippen LogP contribution in [0.15, 0.2) is 35.5 Å². The molecule has 102 valence electrons. The van der Waals surface area contributed by atoms with Crippen LogP contribution in [0.25, 0.3) is 0 Å². The van der Waals surface area contributed by atoms with E-state index in [0.29, 0.717) is 5.82 Å². The number of anilines is 1. The molecular formula is C11H13FN4O2S. The molecule has 0 aliphatic carbocycles. The lowest BCUT2D eigenvalue weighted by atomic mass is 10.3. The van der Waals surface area contributed by atoms with Crippen molar-refractivity contribution in [2.45, 2.75) is 11.4 Å². The van der Waals surface area contributed by atoms with Crippen molar-refractivity contribution in [1.29, 1.82) is 0 Å². The quantitative estimate of drug-likeness (QED) is 0.805. The van der Waals surface area contributed by atoms with Crippen LogP contribution in [0.1, 0.15) is 5.82 Å². The van der Waals surface area contributed by atoms with E-state index in [1.54, 1.807) is 24.0 Å². The van der Waals surface area contributed by atoms with Crippen molar-refractivity contribution in [2.75, 3.05) is 5.73 Å². The van der Waals surface area contributed by atoms with Gasteiger partial charge in [0.15, 0.2) is 0 Å². The highest BCUT2D eigenvalue weighted by atomic mass is 32.2. The Morgan fingerprint density at radius 2 is 2.21 bits per heavy atom. The van der Waals surface area contributed by atoms with E-state index in [4.69, 9.17) is 5.73 Å². The fourth-order valence-electron chi connectivity index (χ4n) is 1.48. The highest BCUT2D eigenvalue weighted by molar-refractivity contribution is 7.89. The molecule has 0 aliphatic rings. The molecule has 6 nitrogen and oxygen atoms in total. The first-order valence-corrected chi connectivity index (χ1v) is 6.89. The van der Waals surface area contributed by atoms with Gasteiger partial charge in [0.25, 0.3) is 0 Å². The van der Waals surface area contributed by atoms with Gasteiger partial charge < -0.3 is 10.3 Å². The van der Waals surface area contributed by atoms with Gasteiger partial charge in [0.2, 0.25) is 10.0 Å². The van der Waals surface area contributed by atoms with Crippen LogP contribution >= 0.6 is 0 Å². The Labute approximate surface area is 110 Å². The van der Waals surface area contributed by atoms with E-state index < -0.39 is 15.8 Å². The van der Waals surface area contributed by atoms with Gasteiger partial charge in [0, 0.05) is 19.4 Å². The lowest BCUT2D eigenvalue weighted by Gasteiger charge is -2.07. The molecule has 0 saturated heterocycles. The van der Waals surface area contributed by atoms with Crippen LogP contribution in [0.5, 0.6) is 0 Å². The van der Waals surface area contributed by atoms with Gasteiger partial charge in [-0.1, -0.05) is 0 Å². The molecular weight excluding hydrogens is 271 g/mol. The van der Waals surface area contributed by atoms with Gasteiger partial charge >= 0.3 is 0 Å². The van der Waals surface area contributed by atoms with Crippen molar-refractivity contribution < 1.29 is 12.8 Å². The number of nitrogens with two attached hydrogens (primary N) is 1. The summed E-state index contributed by atoms with van der Waals surface area (Å²) in [6, 6.07) is 3.35. The Bertz CT molecular complexity index is 696. The minimum atomic E-state index is -3.79. The van der Waals surface area contributed by atoms with E-state index in [2.05, 4.69) is 9.71 Å². The Hall–Kier alpha value is -1.93. The summed E-state index contributed by atoms with van der Waals surface area (Å²) in [5.74, 6) is -0.209. The van der Waals surface area contributed by atoms with Gasteiger partial charge in [0.1, 0.15) is 11.6 Å². The average Bonchev–Trinajstić information content (AvgIpc) is 2.76. The second kappa shape index (κ2) is 4.98. The van der Waals surface area contributed by atoms with Crippen LogP contribution < -0.4 is 10.5 Å². The van der Waals surface area contributed by atoms with E-state index in [9.17, 15) is 12.8 Å². The molecule has 2 aromatic rings. The van der Waals surface area contributed by atoms with Crippen molar-refractivity contribution in [2.24, 2.45) is 7.05 Å². The molecule has 0 amide bonds. The normalized spacial score (nSPS) is 11.7. The summed E-state index contributed by atoms with van der Waals surface area (Å²) in [5.41, 5.74) is 5.21. The van der Waals surface area contributed by atoms with Crippen LogP contribution in [-0.2, 0) is 23.6 Å². The number of rotatable bonds is 4. The zero-order valence-corrected chi connectivity index (χ0v) is 11.0. The molecule has 1 aromatic carbocycles. The van der Waals surface area contributed by atoms with Gasteiger partial charge in [-0.15, -0.1) is 0 Å². The second-order valence-electron chi connectivity index (χ2n) is 3.96. The van der Waals surface area contributed by atoms with Crippen LogP contribution in [0.3, 0.4) is 0 Å². The molecule has 2 rings (SSSR count). The Balaban J connectivity index is 2.18. The Morgan fingerprint density at radius 1 is 1.47 bits per heavy atom. The fourth-order valence-corrected chi connectivity index (χ4v) is 2.48. The number of nitrogens with one attached hydrogen (secondary N) is 1. The lowest BCUT2D eigenvalue weighted by Crippen LogP contribution is -2.24. The molecule has 1 aromatic heterocycles. The molecule has 1 heterocycles. The molecule has 0 bridgehead atoms. The maximum atomic E-state index is 13.3. The zero-order chi connectivity index (χ0) is 14.0. The van der Waals surface area contributed by atoms with E-state index in [1.807, 2.05) is 0 Å². The predicted molar refractivity (Wildman–Crippen MR) is 68.0 cm³/mol. The molecule has 0 spiro atoms. The number of imidazole rings is 1. The van der Waals surface area contributed by atoms with E-state index in [-0.39, 0.29) is 17.1 Å². The van der Waals surface area contributed by atoms with Crippen LogP contribution in [-0.4, -0.2) is 18.0 Å². The number of hydrogen-bond acceptors (Lipinski definition) is 4. The summed E-state index contributed by atoms with van der Waals surface area (Å²) < 4.78 is 41.2. The molecule has 0 atom stereocenters. The van der Waals surface area contributed by atoms with Crippen molar-refractivity contribution in [3.05, 3.63) is 42.2 Å². The number of nitrogens with zero attached hydrogens (tertiary/aromatic N) is 2. The number of sulfonamides is 1. The molecule has 8 heteroatoms. The van der Waals surface area contributed by atoms with E-state index in [0.717, 1.165) is 6.07 Å². The summed E-state index contributed by atoms with van der Waals surface area (Å²) in [6.07, 6.45) is 3.26. The number of halogens is 1. The molecule has 19 heavy (non-hydrogen) atoms. The summed E-state index contributed by atoms with van der Waals surface area (Å²) in [7, 11) is -2.04. The molecule has 0 saturated carbocycles. The first-order chi connectivity index (χ1) is 8.90. The second-order valence-corrected chi connectivity index (χ2v) is 5.73. The molecule has 0 radical (unpaired) electrons. The summed E-state index contributed by atoms with van der Waals surface area (Å²) >= 11 is 0. The first kappa shape index (κ1) is 13.5. The molecule has 0 unspecified atom stereocenters. The topological polar surface area (TPSA) is 90.0 Å². The van der Waals surface area contributed by atoms with Gasteiger partial charge in [0.05, 0.1) is 17.1 Å². The summed E-state index contributed by atoms with van der Waals surface area (Å²) in [5, 5.41) is 0. The molecule has 0 fully saturated rings. The van der Waals surface area contributed by atoms with Crippen LogP contribution in [0.4, 0.5) is 10.1 Å². The van der Waals surface area contributed by atoms with Crippen molar-refractivity contribution >= 4 is 15.7 Å². The van der Waals surface area contributed by atoms with Crippen molar-refractivity contribution in [3.8, 4) is 0 Å². The Morgan fingerprint density at radius 3 is 2.79 bits per heavy atom. The minimum Gasteiger partial charge on any atom is -0.396 e. The summed E-state index contributed by atoms with van der Waals surface area (Å²) in [4.78, 5) is 3.81. The third-order valence-electron chi connectivity index (χ3n) is 2.62. The van der Waals surface area contributed by atoms with Gasteiger partial charge in [-0.2, -0.15) is 0 Å². The number of aromatic nitrogens is 2. The molecule has 3 N–H and O–H groups in total. The van der Waals surface area contributed by atoms with Gasteiger partial charge in [-0.05, 0) is 18.2 Å². The maximum absolute atomic E-state index is 13.3. The number of benzene rings is 1. The summed E-state index contributed by atoms with van der Waals surface area (Å²) in [6.45, 7) is 0.0256. The third kappa shape index (κ3) is 2.91. The zero-order valence-electron chi connectivity index (χ0n) is 10.2. The minimum absolute atomic E-state index is 0.0256. The monoisotopic (exact) mass is 284 g/mol. The molecule has 0 aliphatic heterocycles. The lowest BCUT2D eigenvalue weighted by molar-refractivity contribution is 0.574. The van der Waals surface area contributed by atoms with Crippen LogP contribution in [0.2, 0.25) is 0 Å². The van der Waals surface area contributed by atoms with E-state index in [1.165, 1.54) is 12.1 Å². The number of aryl methyl sites for hydroxylation is 1. The number of hydrogen-bond donors (Lipinski definition) is 2. The number of nitrogen functional groups attached to an aromatic ring is 1. The van der Waals surface area contributed by atoms with E-state index >= 15 is 0 Å². The predicted octanol–water partition coefficient (Wildman–Crippen LogP) is 0.620. The third-order valence-corrected chi connectivity index (χ3v) is 4.02. The smallest absolute Gasteiger partial charge is 0.241 e. The largest absolute Gasteiger partial charge is 0.396 e. The Kier molecular flexibility index (Phi) is 3.54. The highest BCUT2D eigenvalue weighted by Crippen LogP contribution is 2.16. The highest BCUT2D eigenvalue weighted by Gasteiger charge is 2.16. The van der Waals surface area contributed by atoms with Gasteiger partial charge in [-0.25, -0.2) is 22.5 Å². The van der Waals surface area contributed by atoms with Gasteiger partial charge in [-0.3, -0.25) is 0 Å².